The highest BCUT2D eigenvalue weighted by molar-refractivity contribution is 7.89. The van der Waals surface area contributed by atoms with E-state index in [0.29, 0.717) is 15.7 Å². The zero-order valence-electron chi connectivity index (χ0n) is 18.5. The lowest BCUT2D eigenvalue weighted by Gasteiger charge is -2.15. The van der Waals surface area contributed by atoms with Gasteiger partial charge in [0.15, 0.2) is 5.96 Å². The third-order valence-electron chi connectivity index (χ3n) is 4.47. The predicted molar refractivity (Wildman–Crippen MR) is 130 cm³/mol. The molecule has 7 N–H and O–H groups in total. The summed E-state index contributed by atoms with van der Waals surface area (Å²) in [5.74, 6) is -2.10. The van der Waals surface area contributed by atoms with Gasteiger partial charge in [0, 0.05) is 12.1 Å². The number of aliphatic imine (C=N–C) groups is 1. The van der Waals surface area contributed by atoms with Crippen molar-refractivity contribution < 1.29 is 22.7 Å². The molecule has 12 nitrogen and oxygen atoms in total. The first-order chi connectivity index (χ1) is 16.6. The van der Waals surface area contributed by atoms with Crippen LogP contribution in [0.15, 0.2) is 58.4 Å². The molecule has 1 atom stereocenters. The van der Waals surface area contributed by atoms with Gasteiger partial charge in [0.05, 0.1) is 10.6 Å². The third-order valence-corrected chi connectivity index (χ3v) is 6.91. The molecule has 0 amide bonds. The summed E-state index contributed by atoms with van der Waals surface area (Å²) in [7, 11) is -4.06. The molecular weight excluding hydrogens is 494 g/mol. The van der Waals surface area contributed by atoms with E-state index in [9.17, 15) is 18.0 Å². The summed E-state index contributed by atoms with van der Waals surface area (Å²) in [6, 6.07) is 11.5. The van der Waals surface area contributed by atoms with Crippen LogP contribution in [-0.2, 0) is 30.8 Å². The largest absolute Gasteiger partial charge is 0.392 e. The number of aromatic nitrogens is 2. The van der Waals surface area contributed by atoms with Gasteiger partial charge in [0.2, 0.25) is 10.0 Å². The van der Waals surface area contributed by atoms with Gasteiger partial charge in [-0.2, -0.15) is 4.72 Å². The Morgan fingerprint density at radius 1 is 1.14 bits per heavy atom. The van der Waals surface area contributed by atoms with Crippen LogP contribution >= 0.6 is 11.3 Å². The summed E-state index contributed by atoms with van der Waals surface area (Å²) < 4.78 is 32.1. The number of nitrogens with one attached hydrogen (secondary N) is 1. The fourth-order valence-electron chi connectivity index (χ4n) is 2.84. The van der Waals surface area contributed by atoms with E-state index < -0.39 is 34.5 Å². The second-order valence-corrected chi connectivity index (χ2v) is 10.1. The Morgan fingerprint density at radius 2 is 1.86 bits per heavy atom. The number of nitrogens with two attached hydrogens (primary N) is 3. The van der Waals surface area contributed by atoms with E-state index in [1.807, 2.05) is 0 Å². The number of esters is 2. The van der Waals surface area contributed by atoms with Crippen LogP contribution in [0.1, 0.15) is 10.6 Å². The van der Waals surface area contributed by atoms with Gasteiger partial charge in [-0.25, -0.2) is 18.2 Å². The maximum atomic E-state index is 12.6. The number of ether oxygens (including phenoxy) is 1. The van der Waals surface area contributed by atoms with Crippen molar-refractivity contribution in [2.24, 2.45) is 22.2 Å². The molecule has 0 bridgehead atoms. The molecule has 0 radical (unpaired) electrons. The van der Waals surface area contributed by atoms with Gasteiger partial charge in [0.25, 0.3) is 0 Å². The minimum absolute atomic E-state index is 0.0391. The molecule has 184 valence electrons. The number of hydrogen-bond acceptors (Lipinski definition) is 10. The molecule has 0 saturated carbocycles. The first-order valence-electron chi connectivity index (χ1n) is 10.1. The van der Waals surface area contributed by atoms with Crippen LogP contribution in [-0.4, -0.2) is 49.1 Å². The Hall–Kier alpha value is -3.72. The molecule has 1 aromatic heterocycles. The highest BCUT2D eigenvalue weighted by Gasteiger charge is 2.28. The van der Waals surface area contributed by atoms with Crippen molar-refractivity contribution in [1.82, 2.24) is 14.9 Å². The average Bonchev–Trinajstić information content (AvgIpc) is 3.25. The number of guanidine groups is 1. The van der Waals surface area contributed by atoms with E-state index in [2.05, 4.69) is 19.9 Å². The van der Waals surface area contributed by atoms with Gasteiger partial charge in [-0.05, 0) is 48.9 Å². The lowest BCUT2D eigenvalue weighted by Crippen LogP contribution is -2.47. The van der Waals surface area contributed by atoms with Crippen LogP contribution in [0.2, 0.25) is 0 Å². The summed E-state index contributed by atoms with van der Waals surface area (Å²) in [6.07, 6.45) is -0.336. The molecule has 3 rings (SSSR count). The smallest absolute Gasteiger partial charge is 0.333 e. The number of aryl methyl sites for hydroxylation is 1. The first kappa shape index (κ1) is 25.9. The van der Waals surface area contributed by atoms with Crippen molar-refractivity contribution >= 4 is 44.9 Å². The van der Waals surface area contributed by atoms with Gasteiger partial charge in [-0.3, -0.25) is 4.79 Å². The Labute approximate surface area is 205 Å². The van der Waals surface area contributed by atoms with Gasteiger partial charge < -0.3 is 21.9 Å². The molecule has 0 aliphatic carbocycles. The molecule has 14 heteroatoms. The third kappa shape index (κ3) is 7.13. The Balaban J connectivity index is 1.61. The fraction of sp³-hybridized carbons (Fsp3) is 0.190. The van der Waals surface area contributed by atoms with Crippen molar-refractivity contribution in [1.29, 1.82) is 0 Å². The molecule has 0 spiro atoms. The summed E-state index contributed by atoms with van der Waals surface area (Å²) >= 11 is 1.13. The lowest BCUT2D eigenvalue weighted by atomic mass is 10.2. The maximum absolute atomic E-state index is 12.6. The minimum Gasteiger partial charge on any atom is -0.392 e. The molecule has 35 heavy (non-hydrogen) atoms. The zero-order chi connectivity index (χ0) is 25.6. The van der Waals surface area contributed by atoms with E-state index >= 15 is 0 Å². The van der Waals surface area contributed by atoms with Crippen molar-refractivity contribution in [2.45, 2.75) is 24.3 Å². The number of benzene rings is 2. The SMILES string of the molecule is Cc1cccc(S(=O)(=O)NC(CN)C(=O)OC(=O)Cc2nnc(-c3ccc(N=C(N)N)cc3)s2)c1. The predicted octanol–water partition coefficient (Wildman–Crippen LogP) is 0.337. The van der Waals surface area contributed by atoms with Crippen molar-refractivity contribution in [3.63, 3.8) is 0 Å². The normalized spacial score (nSPS) is 12.1. The fourth-order valence-corrected chi connectivity index (χ4v) is 4.97. The Morgan fingerprint density at radius 3 is 2.49 bits per heavy atom. The highest BCUT2D eigenvalue weighted by atomic mass is 32.2. The number of rotatable bonds is 9. The quantitative estimate of drug-likeness (QED) is 0.132. The maximum Gasteiger partial charge on any atom is 0.333 e. The molecule has 2 aromatic carbocycles. The van der Waals surface area contributed by atoms with Crippen LogP contribution in [0.4, 0.5) is 5.69 Å². The van der Waals surface area contributed by atoms with E-state index in [1.54, 1.807) is 43.3 Å². The van der Waals surface area contributed by atoms with Crippen molar-refractivity contribution in [2.75, 3.05) is 6.54 Å². The number of sulfonamides is 1. The van der Waals surface area contributed by atoms with Crippen LogP contribution in [0, 0.1) is 6.92 Å². The number of hydrogen-bond donors (Lipinski definition) is 4. The topological polar surface area (TPSA) is 206 Å². The monoisotopic (exact) mass is 517 g/mol. The second-order valence-electron chi connectivity index (χ2n) is 7.28. The average molecular weight is 518 g/mol. The van der Waals surface area contributed by atoms with Crippen LogP contribution in [0.3, 0.4) is 0 Å². The molecule has 1 heterocycles. The molecule has 0 aliphatic heterocycles. The molecule has 0 fully saturated rings. The van der Waals surface area contributed by atoms with Gasteiger partial charge in [-0.15, -0.1) is 10.2 Å². The van der Waals surface area contributed by atoms with Crippen molar-refractivity contribution in [3.05, 3.63) is 59.1 Å². The molecule has 1 unspecified atom stereocenters. The second kappa shape index (κ2) is 11.1. The van der Waals surface area contributed by atoms with Crippen LogP contribution < -0.4 is 21.9 Å². The van der Waals surface area contributed by atoms with Crippen molar-refractivity contribution in [3.8, 4) is 10.6 Å². The van der Waals surface area contributed by atoms with Gasteiger partial charge >= 0.3 is 11.9 Å². The zero-order valence-corrected chi connectivity index (χ0v) is 20.2. The van der Waals surface area contributed by atoms with Gasteiger partial charge in [-0.1, -0.05) is 23.5 Å². The van der Waals surface area contributed by atoms with Crippen LogP contribution in [0.25, 0.3) is 10.6 Å². The minimum atomic E-state index is -4.06. The first-order valence-corrected chi connectivity index (χ1v) is 12.4. The summed E-state index contributed by atoms with van der Waals surface area (Å²) in [6.45, 7) is 1.32. The van der Waals surface area contributed by atoms with Crippen LogP contribution in [0.5, 0.6) is 0 Å². The molecule has 3 aromatic rings. The molecule has 0 aliphatic rings. The molecular formula is C21H23N7O5S2. The van der Waals surface area contributed by atoms with E-state index in [1.165, 1.54) is 12.1 Å². The van der Waals surface area contributed by atoms with E-state index in [4.69, 9.17) is 21.9 Å². The highest BCUT2D eigenvalue weighted by Crippen LogP contribution is 2.26. The van der Waals surface area contributed by atoms with E-state index in [-0.39, 0.29) is 17.3 Å². The number of carbonyl (C=O) groups is 2. The summed E-state index contributed by atoms with van der Waals surface area (Å²) in [5, 5.41) is 8.79. The summed E-state index contributed by atoms with van der Waals surface area (Å²) in [4.78, 5) is 28.5. The summed E-state index contributed by atoms with van der Waals surface area (Å²) in [5.41, 5.74) is 18.2. The van der Waals surface area contributed by atoms with Gasteiger partial charge in [0.1, 0.15) is 22.5 Å². The Kier molecular flexibility index (Phi) is 8.24. The van der Waals surface area contributed by atoms with E-state index in [0.717, 1.165) is 22.5 Å². The number of nitrogens with zero attached hydrogens (tertiary/aromatic N) is 3. The lowest BCUT2D eigenvalue weighted by molar-refractivity contribution is -0.160. The molecule has 0 saturated heterocycles. The Bertz CT molecular complexity index is 1350. The standard InChI is InChI=1S/C21H23N7O5S2/c1-12-3-2-4-15(9-12)35(31,32)28-16(11-22)20(30)33-18(29)10-17-26-27-19(34-17)13-5-7-14(8-6-13)25-21(23)24/h2-9,16,28H,10-11,22H2,1H3,(H4,23,24,25). The number of carbonyl (C=O) groups excluding carboxylic acids is 2.